The number of fused-ring (bicyclic) bond motifs is 1. The number of carbonyl (C=O) groups is 2. The molecular weight excluding hydrogens is 246 g/mol. The molecule has 19 heavy (non-hydrogen) atoms. The van der Waals surface area contributed by atoms with Crippen molar-refractivity contribution in [3.05, 3.63) is 23.8 Å². The summed E-state index contributed by atoms with van der Waals surface area (Å²) in [5.41, 5.74) is 6.55. The van der Waals surface area contributed by atoms with Crippen molar-refractivity contribution in [2.45, 2.75) is 25.0 Å². The van der Waals surface area contributed by atoms with E-state index in [1.807, 2.05) is 0 Å². The Bertz CT molecular complexity index is 551. The van der Waals surface area contributed by atoms with Gasteiger partial charge in [0, 0.05) is 18.3 Å². The van der Waals surface area contributed by atoms with Gasteiger partial charge in [-0.2, -0.15) is 0 Å². The van der Waals surface area contributed by atoms with Crippen LogP contribution in [-0.2, 0) is 16.1 Å². The molecule has 0 saturated heterocycles. The van der Waals surface area contributed by atoms with E-state index in [1.54, 1.807) is 6.20 Å². The van der Waals surface area contributed by atoms with Gasteiger partial charge in [-0.3, -0.25) is 14.9 Å². The summed E-state index contributed by atoms with van der Waals surface area (Å²) in [5.74, 6) is 1.43. The van der Waals surface area contributed by atoms with Gasteiger partial charge < -0.3 is 11.1 Å². The molecule has 0 bridgehead atoms. The summed E-state index contributed by atoms with van der Waals surface area (Å²) in [6.07, 6.45) is 8.17. The van der Waals surface area contributed by atoms with Crippen molar-refractivity contribution in [2.75, 3.05) is 0 Å². The number of primary amides is 1. The summed E-state index contributed by atoms with van der Waals surface area (Å²) in [7, 11) is 0. The van der Waals surface area contributed by atoms with Crippen LogP contribution < -0.4 is 16.4 Å². The van der Waals surface area contributed by atoms with Gasteiger partial charge in [-0.05, 0) is 0 Å². The summed E-state index contributed by atoms with van der Waals surface area (Å²) in [6, 6.07) is -1.26. The van der Waals surface area contributed by atoms with E-state index in [1.165, 1.54) is 6.33 Å². The third-order valence-corrected chi connectivity index (χ3v) is 2.80. The highest BCUT2D eigenvalue weighted by atomic mass is 16.2. The Morgan fingerprint density at radius 1 is 1.68 bits per heavy atom. The highest BCUT2D eigenvalue weighted by Gasteiger charge is 2.30. The lowest BCUT2D eigenvalue weighted by Gasteiger charge is -2.15. The second-order valence-electron chi connectivity index (χ2n) is 4.14. The highest BCUT2D eigenvalue weighted by molar-refractivity contribution is 5.85. The molecule has 0 aliphatic carbocycles. The molecule has 0 radical (unpaired) electrons. The number of terminal acetylenes is 1. The van der Waals surface area contributed by atoms with Crippen molar-refractivity contribution < 1.29 is 9.59 Å². The van der Waals surface area contributed by atoms with Gasteiger partial charge in [-0.25, -0.2) is 9.97 Å². The zero-order valence-electron chi connectivity index (χ0n) is 10.1. The molecule has 2 heterocycles. The van der Waals surface area contributed by atoms with E-state index < -0.39 is 18.0 Å². The Balaban J connectivity index is 2.06. The Morgan fingerprint density at radius 2 is 2.47 bits per heavy atom. The summed E-state index contributed by atoms with van der Waals surface area (Å²) < 4.78 is 0. The molecule has 98 valence electrons. The lowest BCUT2D eigenvalue weighted by Crippen LogP contribution is -2.41. The minimum atomic E-state index is -0.708. The van der Waals surface area contributed by atoms with Crippen LogP contribution in [0.25, 0.3) is 0 Å². The van der Waals surface area contributed by atoms with Crippen LogP contribution in [0.3, 0.4) is 0 Å². The molecule has 7 nitrogen and oxygen atoms in total. The summed E-state index contributed by atoms with van der Waals surface area (Å²) >= 11 is 0. The van der Waals surface area contributed by atoms with Crippen molar-refractivity contribution in [1.82, 2.24) is 20.6 Å². The molecule has 2 atom stereocenters. The van der Waals surface area contributed by atoms with Gasteiger partial charge in [0.25, 0.3) is 0 Å². The first kappa shape index (κ1) is 13.0. The third kappa shape index (κ3) is 2.86. The quantitative estimate of drug-likeness (QED) is 0.577. The molecule has 1 aliphatic heterocycles. The van der Waals surface area contributed by atoms with Gasteiger partial charge in [-0.15, -0.1) is 6.42 Å². The van der Waals surface area contributed by atoms with Gasteiger partial charge in [0.15, 0.2) is 0 Å². The molecule has 1 aromatic rings. The number of rotatable bonds is 4. The Labute approximate surface area is 110 Å². The molecule has 0 aromatic carbocycles. The van der Waals surface area contributed by atoms with Gasteiger partial charge in [0.05, 0.1) is 18.2 Å². The number of hydrogen-bond acceptors (Lipinski definition) is 5. The monoisotopic (exact) mass is 259 g/mol. The van der Waals surface area contributed by atoms with Crippen molar-refractivity contribution >= 4 is 11.8 Å². The van der Waals surface area contributed by atoms with Crippen molar-refractivity contribution in [3.8, 4) is 12.3 Å². The van der Waals surface area contributed by atoms with E-state index in [2.05, 4.69) is 26.5 Å². The normalized spacial score (nSPS) is 18.2. The summed E-state index contributed by atoms with van der Waals surface area (Å²) in [4.78, 5) is 30.9. The minimum Gasteiger partial charge on any atom is -0.370 e. The Morgan fingerprint density at radius 3 is 3.16 bits per heavy atom. The van der Waals surface area contributed by atoms with Gasteiger partial charge in [0.2, 0.25) is 11.8 Å². The van der Waals surface area contributed by atoms with Crippen LogP contribution in [0.1, 0.15) is 23.7 Å². The maximum Gasteiger partial charge on any atom is 0.242 e. The van der Waals surface area contributed by atoms with E-state index in [0.717, 1.165) is 11.3 Å². The summed E-state index contributed by atoms with van der Waals surface area (Å²) in [5, 5.41) is 5.59. The van der Waals surface area contributed by atoms with E-state index >= 15 is 0 Å². The fourth-order valence-corrected chi connectivity index (χ4v) is 1.91. The van der Waals surface area contributed by atoms with Crippen molar-refractivity contribution in [1.29, 1.82) is 0 Å². The lowest BCUT2D eigenvalue weighted by molar-refractivity contribution is -0.123. The molecule has 2 unspecified atom stereocenters. The number of aromatic nitrogens is 2. The van der Waals surface area contributed by atoms with Crippen LogP contribution in [0, 0.1) is 12.3 Å². The van der Waals surface area contributed by atoms with Crippen LogP contribution in [-0.4, -0.2) is 27.8 Å². The summed E-state index contributed by atoms with van der Waals surface area (Å²) in [6.45, 7) is 0.493. The van der Waals surface area contributed by atoms with E-state index in [-0.39, 0.29) is 12.3 Å². The van der Waals surface area contributed by atoms with E-state index in [0.29, 0.717) is 6.54 Å². The lowest BCUT2D eigenvalue weighted by atomic mass is 10.1. The third-order valence-electron chi connectivity index (χ3n) is 2.80. The van der Waals surface area contributed by atoms with Crippen LogP contribution in [0.5, 0.6) is 0 Å². The average molecular weight is 259 g/mol. The molecule has 7 heteroatoms. The first-order chi connectivity index (χ1) is 9.11. The molecule has 2 amide bonds. The molecule has 0 saturated carbocycles. The first-order valence-corrected chi connectivity index (χ1v) is 5.68. The zero-order valence-corrected chi connectivity index (χ0v) is 10.1. The number of nitrogens with zero attached hydrogens (tertiary/aromatic N) is 2. The van der Waals surface area contributed by atoms with Gasteiger partial charge >= 0.3 is 0 Å². The number of carbonyl (C=O) groups excluding carboxylic acids is 2. The van der Waals surface area contributed by atoms with Gasteiger partial charge in [-0.1, -0.05) is 5.92 Å². The SMILES string of the molecule is C#CC(CC(N)=O)NC(=O)C1NCc2ncncc21. The van der Waals surface area contributed by atoms with Crippen molar-refractivity contribution in [3.63, 3.8) is 0 Å². The fraction of sp³-hybridized carbons (Fsp3) is 0.333. The first-order valence-electron chi connectivity index (χ1n) is 5.68. The maximum absolute atomic E-state index is 12.1. The predicted molar refractivity (Wildman–Crippen MR) is 66.2 cm³/mol. The Kier molecular flexibility index (Phi) is 3.73. The number of hydrogen-bond donors (Lipinski definition) is 3. The second-order valence-corrected chi connectivity index (χ2v) is 4.14. The van der Waals surface area contributed by atoms with Crippen LogP contribution >= 0.6 is 0 Å². The topological polar surface area (TPSA) is 110 Å². The molecule has 0 fully saturated rings. The zero-order chi connectivity index (χ0) is 13.8. The molecule has 1 aromatic heterocycles. The van der Waals surface area contributed by atoms with E-state index in [9.17, 15) is 9.59 Å². The number of nitrogens with two attached hydrogens (primary N) is 1. The van der Waals surface area contributed by atoms with Crippen LogP contribution in [0.2, 0.25) is 0 Å². The largest absolute Gasteiger partial charge is 0.370 e. The molecule has 4 N–H and O–H groups in total. The molecule has 0 spiro atoms. The standard InChI is InChI=1S/C12H13N5O2/c1-2-7(3-10(13)18)17-12(19)11-8-4-14-6-16-9(8)5-15-11/h1,4,6-7,11,15H,3,5H2,(H2,13,18)(H,17,19). The van der Waals surface area contributed by atoms with Crippen molar-refractivity contribution in [2.24, 2.45) is 5.73 Å². The Hall–Kier alpha value is -2.46. The highest BCUT2D eigenvalue weighted by Crippen LogP contribution is 2.22. The average Bonchev–Trinajstić information content (AvgIpc) is 2.81. The second kappa shape index (κ2) is 5.46. The van der Waals surface area contributed by atoms with E-state index in [4.69, 9.17) is 12.2 Å². The van der Waals surface area contributed by atoms with Crippen LogP contribution in [0.4, 0.5) is 0 Å². The molecule has 1 aliphatic rings. The predicted octanol–water partition coefficient (Wildman–Crippen LogP) is -1.39. The number of amides is 2. The molecular formula is C12H13N5O2. The molecule has 2 rings (SSSR count). The maximum atomic E-state index is 12.1. The van der Waals surface area contributed by atoms with Gasteiger partial charge in [0.1, 0.15) is 12.4 Å². The fourth-order valence-electron chi connectivity index (χ4n) is 1.91. The number of nitrogens with one attached hydrogen (secondary N) is 2. The van der Waals surface area contributed by atoms with Crippen LogP contribution in [0.15, 0.2) is 12.5 Å². The smallest absolute Gasteiger partial charge is 0.242 e. The minimum absolute atomic E-state index is 0.0902.